The molecule has 0 fully saturated rings. The normalized spacial score (nSPS) is 13.1. The Morgan fingerprint density at radius 2 is 1.77 bits per heavy atom. The van der Waals surface area contributed by atoms with Crippen LogP contribution < -0.4 is 15.4 Å². The Hall–Kier alpha value is -3.66. The zero-order chi connectivity index (χ0) is 28.6. The Balaban J connectivity index is 1.63. The van der Waals surface area contributed by atoms with E-state index in [0.717, 1.165) is 29.8 Å². The first-order valence-corrected chi connectivity index (χ1v) is 12.7. The van der Waals surface area contributed by atoms with Crippen LogP contribution in [0.15, 0.2) is 54.6 Å². The quantitative estimate of drug-likeness (QED) is 0.164. The van der Waals surface area contributed by atoms with Gasteiger partial charge in [-0.3, -0.25) is 4.79 Å². The van der Waals surface area contributed by atoms with E-state index in [1.54, 1.807) is 19.1 Å². The number of hydrogen-bond donors (Lipinski definition) is 3. The van der Waals surface area contributed by atoms with Crippen LogP contribution in [-0.4, -0.2) is 35.3 Å². The Morgan fingerprint density at radius 3 is 2.36 bits per heavy atom. The summed E-state index contributed by atoms with van der Waals surface area (Å²) >= 11 is 0. The molecule has 3 N–H and O–H groups in total. The number of aryl methyl sites for hydroxylation is 1. The molecule has 2 aromatic carbocycles. The highest BCUT2D eigenvalue weighted by atomic mass is 19.4. The van der Waals surface area contributed by atoms with Gasteiger partial charge in [-0.1, -0.05) is 38.5 Å². The van der Waals surface area contributed by atoms with E-state index in [4.69, 9.17) is 9.84 Å². The second-order valence-electron chi connectivity index (χ2n) is 9.44. The van der Waals surface area contributed by atoms with Crippen molar-refractivity contribution in [2.75, 3.05) is 18.5 Å². The van der Waals surface area contributed by atoms with Gasteiger partial charge in [0, 0.05) is 41.7 Å². The number of ether oxygens (including phenoxy) is 1. The summed E-state index contributed by atoms with van der Waals surface area (Å²) in [5.41, 5.74) is 1.77. The second-order valence-corrected chi connectivity index (χ2v) is 9.44. The van der Waals surface area contributed by atoms with Crippen molar-refractivity contribution in [1.29, 1.82) is 0 Å². The van der Waals surface area contributed by atoms with Crippen LogP contribution in [0.4, 0.5) is 23.2 Å². The molecule has 0 radical (unpaired) electrons. The minimum atomic E-state index is -4.62. The van der Waals surface area contributed by atoms with E-state index in [-0.39, 0.29) is 23.9 Å². The lowest BCUT2D eigenvalue weighted by atomic mass is 9.99. The van der Waals surface area contributed by atoms with Crippen molar-refractivity contribution in [3.63, 3.8) is 0 Å². The highest BCUT2D eigenvalue weighted by Crippen LogP contribution is 2.34. The average molecular weight is 548 g/mol. The molecular weight excluding hydrogens is 514 g/mol. The van der Waals surface area contributed by atoms with E-state index in [2.05, 4.69) is 29.5 Å². The smallest absolute Gasteiger partial charge is 0.416 e. The van der Waals surface area contributed by atoms with Crippen molar-refractivity contribution in [2.24, 2.45) is 5.92 Å². The number of aromatic nitrogens is 1. The van der Waals surface area contributed by atoms with Crippen molar-refractivity contribution in [1.82, 2.24) is 10.3 Å². The summed E-state index contributed by atoms with van der Waals surface area (Å²) in [7, 11) is 0. The van der Waals surface area contributed by atoms with Crippen LogP contribution >= 0.6 is 0 Å². The predicted octanol–water partition coefficient (Wildman–Crippen LogP) is 6.68. The van der Waals surface area contributed by atoms with Crippen molar-refractivity contribution >= 4 is 11.7 Å². The molecule has 2 atom stereocenters. The molecule has 1 heterocycles. The van der Waals surface area contributed by atoms with Crippen LogP contribution in [0.5, 0.6) is 5.88 Å². The van der Waals surface area contributed by atoms with Crippen LogP contribution in [0, 0.1) is 18.7 Å². The number of carboxylic acid groups (broad SMARTS) is 1. The molecule has 0 unspecified atom stereocenters. The highest BCUT2D eigenvalue weighted by Gasteiger charge is 2.31. The monoisotopic (exact) mass is 547 g/mol. The van der Waals surface area contributed by atoms with E-state index in [1.165, 1.54) is 0 Å². The zero-order valence-corrected chi connectivity index (χ0v) is 22.1. The Bertz CT molecular complexity index is 1250. The fraction of sp³-hybridized carbons (Fsp3) is 0.379. The van der Waals surface area contributed by atoms with Gasteiger partial charge in [-0.2, -0.15) is 13.2 Å². The number of rotatable bonds is 13. The van der Waals surface area contributed by atoms with Gasteiger partial charge >= 0.3 is 12.1 Å². The summed E-state index contributed by atoms with van der Waals surface area (Å²) < 4.78 is 59.1. The molecule has 0 bridgehead atoms. The summed E-state index contributed by atoms with van der Waals surface area (Å²) in [6, 6.07) is 13.4. The van der Waals surface area contributed by atoms with Crippen LogP contribution in [0.2, 0.25) is 0 Å². The summed E-state index contributed by atoms with van der Waals surface area (Å²) in [6.07, 6.45) is -3.64. The first-order chi connectivity index (χ1) is 18.5. The minimum Gasteiger partial charge on any atom is -0.481 e. The Kier molecular flexibility index (Phi) is 10.3. The number of halogens is 4. The number of pyridine rings is 1. The molecule has 0 aliphatic heterocycles. The molecule has 3 rings (SSSR count). The molecule has 1 aromatic heterocycles. The van der Waals surface area contributed by atoms with E-state index in [1.807, 2.05) is 24.3 Å². The van der Waals surface area contributed by atoms with Gasteiger partial charge in [0.15, 0.2) is 0 Å². The number of nitrogens with zero attached hydrogens (tertiary/aromatic N) is 1. The minimum absolute atomic E-state index is 0.0383. The molecule has 10 heteroatoms. The molecule has 210 valence electrons. The average Bonchev–Trinajstić information content (AvgIpc) is 2.89. The standard InChI is InChI=1S/C29H33F4N3O3/c1-4-18(2)26(36-22-8-5-20(6-9-22)16-34-14-13-28(37)38)17-39-27-12-11-23(19(3)35-27)24-10-7-21(15-25(24)30)29(31,32)33/h5-12,15,18,26,34,36H,4,13-14,16-17H2,1-3H3,(H,37,38)/t18-,26+/m0/s1. The van der Waals surface area contributed by atoms with Gasteiger partial charge in [0.25, 0.3) is 0 Å². The first kappa shape index (κ1) is 29.9. The van der Waals surface area contributed by atoms with Crippen LogP contribution in [0.25, 0.3) is 11.1 Å². The summed E-state index contributed by atoms with van der Waals surface area (Å²) in [5, 5.41) is 15.3. The third-order valence-corrected chi connectivity index (χ3v) is 6.54. The predicted molar refractivity (Wildman–Crippen MR) is 142 cm³/mol. The van der Waals surface area contributed by atoms with Gasteiger partial charge in [-0.05, 0) is 48.7 Å². The van der Waals surface area contributed by atoms with Crippen molar-refractivity contribution in [3.8, 4) is 17.0 Å². The first-order valence-electron chi connectivity index (χ1n) is 12.7. The third-order valence-electron chi connectivity index (χ3n) is 6.54. The van der Waals surface area contributed by atoms with Crippen molar-refractivity contribution in [2.45, 2.75) is 52.4 Å². The lowest BCUT2D eigenvalue weighted by Crippen LogP contribution is -2.33. The molecule has 0 amide bonds. The van der Waals surface area contributed by atoms with Crippen molar-refractivity contribution < 1.29 is 32.2 Å². The molecule has 0 aliphatic rings. The molecule has 0 spiro atoms. The lowest BCUT2D eigenvalue weighted by molar-refractivity contribution is -0.138. The number of anilines is 1. The Morgan fingerprint density at radius 1 is 1.08 bits per heavy atom. The molecule has 3 aromatic rings. The van der Waals surface area contributed by atoms with Crippen LogP contribution in [-0.2, 0) is 17.5 Å². The number of hydrogen-bond acceptors (Lipinski definition) is 5. The number of carboxylic acids is 1. The number of benzene rings is 2. The maximum atomic E-state index is 14.5. The molecule has 39 heavy (non-hydrogen) atoms. The maximum absolute atomic E-state index is 14.5. The van der Waals surface area contributed by atoms with Gasteiger partial charge in [0.1, 0.15) is 12.4 Å². The number of alkyl halides is 3. The number of nitrogens with one attached hydrogen (secondary N) is 2. The summed E-state index contributed by atoms with van der Waals surface area (Å²) in [5.74, 6) is -1.20. The molecule has 0 saturated heterocycles. The van der Waals surface area contributed by atoms with Gasteiger partial charge < -0.3 is 20.5 Å². The molecule has 0 saturated carbocycles. The topological polar surface area (TPSA) is 83.5 Å². The fourth-order valence-corrected chi connectivity index (χ4v) is 3.98. The van der Waals surface area contributed by atoms with E-state index in [0.29, 0.717) is 42.9 Å². The van der Waals surface area contributed by atoms with Gasteiger partial charge in [-0.15, -0.1) is 0 Å². The summed E-state index contributed by atoms with van der Waals surface area (Å²) in [4.78, 5) is 15.0. The molecular formula is C29H33F4N3O3. The van der Waals surface area contributed by atoms with Gasteiger partial charge in [0.2, 0.25) is 5.88 Å². The molecule has 6 nitrogen and oxygen atoms in total. The van der Waals surface area contributed by atoms with Gasteiger partial charge in [0.05, 0.1) is 18.0 Å². The zero-order valence-electron chi connectivity index (χ0n) is 22.1. The second kappa shape index (κ2) is 13.4. The van der Waals surface area contributed by atoms with Gasteiger partial charge in [-0.25, -0.2) is 9.37 Å². The molecule has 0 aliphatic carbocycles. The van der Waals surface area contributed by atoms with Crippen molar-refractivity contribution in [3.05, 3.63) is 77.2 Å². The van der Waals surface area contributed by atoms with E-state index >= 15 is 0 Å². The fourth-order valence-electron chi connectivity index (χ4n) is 3.98. The number of aliphatic carboxylic acids is 1. The third kappa shape index (κ3) is 8.68. The highest BCUT2D eigenvalue weighted by molar-refractivity contribution is 5.67. The van der Waals surface area contributed by atoms with E-state index < -0.39 is 23.5 Å². The van der Waals surface area contributed by atoms with Crippen LogP contribution in [0.3, 0.4) is 0 Å². The summed E-state index contributed by atoms with van der Waals surface area (Å²) in [6.45, 7) is 7.13. The van der Waals surface area contributed by atoms with Crippen LogP contribution in [0.1, 0.15) is 43.5 Å². The maximum Gasteiger partial charge on any atom is 0.416 e. The Labute approximate surface area is 225 Å². The van der Waals surface area contributed by atoms with E-state index in [9.17, 15) is 22.4 Å². The number of carbonyl (C=O) groups is 1. The SMILES string of the molecule is CC[C@H](C)[C@@H](COc1ccc(-c2ccc(C(F)(F)F)cc2F)c(C)n1)Nc1ccc(CNCCC(=O)O)cc1. The largest absolute Gasteiger partial charge is 0.481 e. The lowest BCUT2D eigenvalue weighted by Gasteiger charge is -2.25.